The number of hydrogen-bond acceptors (Lipinski definition) is 6. The molecule has 0 saturated carbocycles. The minimum absolute atomic E-state index is 0.0973. The molecule has 1 aromatic rings. The minimum atomic E-state index is -1.53. The normalized spacial score (nSPS) is 23.2. The summed E-state index contributed by atoms with van der Waals surface area (Å²) in [5, 5.41) is 2.20. The lowest BCUT2D eigenvalue weighted by Gasteiger charge is -2.56. The van der Waals surface area contributed by atoms with Gasteiger partial charge in [0.1, 0.15) is 16.7 Å². The van der Waals surface area contributed by atoms with Crippen LogP contribution in [0.1, 0.15) is 33.3 Å². The molecular formula is C22H27ClN2O5S. The average molecular weight is 467 g/mol. The second-order valence-corrected chi connectivity index (χ2v) is 9.64. The summed E-state index contributed by atoms with van der Waals surface area (Å²) in [6, 6.07) is 9.24. The van der Waals surface area contributed by atoms with E-state index in [0.717, 1.165) is 5.56 Å². The zero-order chi connectivity index (χ0) is 22.8. The molecule has 0 aromatic heterocycles. The molecule has 1 unspecified atom stereocenters. The molecule has 168 valence electrons. The van der Waals surface area contributed by atoms with Gasteiger partial charge in [-0.1, -0.05) is 30.3 Å². The van der Waals surface area contributed by atoms with E-state index in [9.17, 15) is 14.4 Å². The molecule has 1 saturated heterocycles. The quantitative estimate of drug-likeness (QED) is 0.288. The highest BCUT2D eigenvalue weighted by atomic mass is 35.5. The Bertz CT molecular complexity index is 899. The van der Waals surface area contributed by atoms with Crippen LogP contribution in [0, 0.1) is 0 Å². The number of carbonyl (C=O) groups excluding carboxylic acids is 3. The van der Waals surface area contributed by atoms with Gasteiger partial charge in [0.05, 0.1) is 6.42 Å². The van der Waals surface area contributed by atoms with Gasteiger partial charge in [0.2, 0.25) is 5.91 Å². The van der Waals surface area contributed by atoms with Crippen LogP contribution in [0.3, 0.4) is 0 Å². The third kappa shape index (κ3) is 4.76. The van der Waals surface area contributed by atoms with Crippen molar-refractivity contribution in [2.24, 2.45) is 0 Å². The van der Waals surface area contributed by atoms with Gasteiger partial charge in [-0.15, -0.1) is 23.4 Å². The molecule has 2 heterocycles. The van der Waals surface area contributed by atoms with Crippen molar-refractivity contribution in [2.45, 2.75) is 50.8 Å². The smallest absolute Gasteiger partial charge is 0.355 e. The number of carbonyl (C=O) groups is 3. The number of hydrogen-bond donors (Lipinski definition) is 1. The maximum Gasteiger partial charge on any atom is 0.355 e. The molecule has 31 heavy (non-hydrogen) atoms. The lowest BCUT2D eigenvalue weighted by atomic mass is 9.97. The summed E-state index contributed by atoms with van der Waals surface area (Å²) in [6.45, 7) is 7.24. The third-order valence-corrected chi connectivity index (χ3v) is 6.46. The fourth-order valence-electron chi connectivity index (χ4n) is 3.55. The number of nitrogens with zero attached hydrogens (tertiary/aromatic N) is 1. The zero-order valence-electron chi connectivity index (χ0n) is 18.1. The van der Waals surface area contributed by atoms with Crippen molar-refractivity contribution in [3.05, 3.63) is 47.2 Å². The summed E-state index contributed by atoms with van der Waals surface area (Å²) >= 11 is 7.46. The van der Waals surface area contributed by atoms with Crippen molar-refractivity contribution in [3.8, 4) is 0 Å². The number of amides is 2. The van der Waals surface area contributed by atoms with Crippen molar-refractivity contribution in [3.63, 3.8) is 0 Å². The number of esters is 1. The lowest BCUT2D eigenvalue weighted by Crippen LogP contribution is -2.81. The molecule has 0 aliphatic carbocycles. The van der Waals surface area contributed by atoms with Crippen molar-refractivity contribution in [2.75, 3.05) is 18.2 Å². The topological polar surface area (TPSA) is 84.9 Å². The largest absolute Gasteiger partial charge is 0.455 e. The molecule has 9 heteroatoms. The van der Waals surface area contributed by atoms with Crippen LogP contribution in [0.4, 0.5) is 0 Å². The van der Waals surface area contributed by atoms with Gasteiger partial charge in [0.25, 0.3) is 11.6 Å². The molecular weight excluding hydrogens is 440 g/mol. The van der Waals surface area contributed by atoms with E-state index >= 15 is 0 Å². The molecule has 2 aliphatic heterocycles. The molecule has 2 atom stereocenters. The van der Waals surface area contributed by atoms with Crippen molar-refractivity contribution in [1.29, 1.82) is 0 Å². The molecule has 0 radical (unpaired) electrons. The minimum Gasteiger partial charge on any atom is -0.455 e. The highest BCUT2D eigenvalue weighted by Crippen LogP contribution is 2.47. The van der Waals surface area contributed by atoms with E-state index in [1.165, 1.54) is 16.7 Å². The first-order valence-corrected chi connectivity index (χ1v) is 11.7. The Morgan fingerprint density at radius 1 is 1.29 bits per heavy atom. The van der Waals surface area contributed by atoms with Crippen LogP contribution in [0.2, 0.25) is 0 Å². The number of rotatable bonds is 7. The van der Waals surface area contributed by atoms with Gasteiger partial charge in [0, 0.05) is 18.2 Å². The Morgan fingerprint density at radius 2 is 1.97 bits per heavy atom. The number of fused-ring (bicyclic) bond motifs is 1. The standard InChI is InChI=1S/C22H27ClN2O5S/c1-5-29-22(24-16(26)11-14-9-7-6-8-10-14)19(28)25-17(18(27)30-21(2,3)4)15(12-23)13-31-20(22)25/h6-10,20H,5,11-13H2,1-4H3,(H,24,26)/t20-,22?/m1/s1. The molecule has 0 spiro atoms. The van der Waals surface area contributed by atoms with Gasteiger partial charge in [-0.05, 0) is 38.8 Å². The Labute approximate surface area is 191 Å². The number of alkyl halides is 1. The summed E-state index contributed by atoms with van der Waals surface area (Å²) in [5.41, 5.74) is -0.671. The van der Waals surface area contributed by atoms with Crippen LogP contribution < -0.4 is 5.32 Å². The first-order chi connectivity index (χ1) is 14.6. The Morgan fingerprint density at radius 3 is 2.55 bits per heavy atom. The maximum atomic E-state index is 13.3. The molecule has 1 N–H and O–H groups in total. The fourth-order valence-corrected chi connectivity index (χ4v) is 5.29. The Balaban J connectivity index is 1.86. The molecule has 7 nitrogen and oxygen atoms in total. The van der Waals surface area contributed by atoms with E-state index in [0.29, 0.717) is 11.3 Å². The molecule has 2 aliphatic rings. The van der Waals surface area contributed by atoms with Crippen LogP contribution in [-0.2, 0) is 30.3 Å². The van der Waals surface area contributed by atoms with Crippen LogP contribution in [0.25, 0.3) is 0 Å². The monoisotopic (exact) mass is 466 g/mol. The van der Waals surface area contributed by atoms with Crippen molar-refractivity contribution in [1.82, 2.24) is 10.2 Å². The molecule has 2 amide bonds. The van der Waals surface area contributed by atoms with Gasteiger partial charge in [-0.2, -0.15) is 0 Å². The number of ether oxygens (including phenoxy) is 2. The summed E-state index contributed by atoms with van der Waals surface area (Å²) in [4.78, 5) is 40.3. The highest BCUT2D eigenvalue weighted by Gasteiger charge is 2.67. The highest BCUT2D eigenvalue weighted by molar-refractivity contribution is 8.00. The number of thioether (sulfide) groups is 1. The van der Waals surface area contributed by atoms with Crippen molar-refractivity contribution < 1.29 is 23.9 Å². The van der Waals surface area contributed by atoms with Crippen molar-refractivity contribution >= 4 is 41.1 Å². The number of halogens is 1. The molecule has 0 bridgehead atoms. The first kappa shape index (κ1) is 23.6. The van der Waals surface area contributed by atoms with Gasteiger partial charge < -0.3 is 14.8 Å². The average Bonchev–Trinajstić information content (AvgIpc) is 2.71. The summed E-state index contributed by atoms with van der Waals surface area (Å²) in [7, 11) is 0. The van der Waals surface area contributed by atoms with E-state index in [-0.39, 0.29) is 30.5 Å². The summed E-state index contributed by atoms with van der Waals surface area (Å²) in [5.74, 6) is -0.922. The van der Waals surface area contributed by atoms with Crippen LogP contribution in [0.5, 0.6) is 0 Å². The van der Waals surface area contributed by atoms with Gasteiger partial charge >= 0.3 is 5.97 Å². The van der Waals surface area contributed by atoms with Gasteiger partial charge in [-0.25, -0.2) is 4.79 Å². The predicted molar refractivity (Wildman–Crippen MR) is 119 cm³/mol. The zero-order valence-corrected chi connectivity index (χ0v) is 19.6. The fraction of sp³-hybridized carbons (Fsp3) is 0.500. The number of nitrogens with one attached hydrogen (secondary N) is 1. The second-order valence-electron chi connectivity index (χ2n) is 8.31. The SMILES string of the molecule is CCOC1(NC(=O)Cc2ccccc2)C(=O)N2C(C(=O)OC(C)(C)C)=C(CCl)CS[C@@H]21. The van der Waals surface area contributed by atoms with E-state index in [1.54, 1.807) is 27.7 Å². The Hall–Kier alpha value is -2.03. The third-order valence-electron chi connectivity index (χ3n) is 4.77. The van der Waals surface area contributed by atoms with Crippen LogP contribution in [0.15, 0.2) is 41.6 Å². The second kappa shape index (κ2) is 9.22. The molecule has 1 fully saturated rings. The van der Waals surface area contributed by atoms with E-state index in [4.69, 9.17) is 21.1 Å². The molecule has 1 aromatic carbocycles. The van der Waals surface area contributed by atoms with E-state index < -0.39 is 28.6 Å². The number of benzene rings is 1. The lowest BCUT2D eigenvalue weighted by molar-refractivity contribution is -0.198. The number of β-lactam (4-membered cyclic amide) rings is 1. The van der Waals surface area contributed by atoms with Gasteiger partial charge in [-0.3, -0.25) is 14.5 Å². The first-order valence-electron chi connectivity index (χ1n) is 10.1. The predicted octanol–water partition coefficient (Wildman–Crippen LogP) is 2.83. The Kier molecular flexibility index (Phi) is 7.03. The summed E-state index contributed by atoms with van der Waals surface area (Å²) < 4.78 is 11.3. The summed E-state index contributed by atoms with van der Waals surface area (Å²) in [6.07, 6.45) is 0.113. The van der Waals surface area contributed by atoms with Crippen LogP contribution >= 0.6 is 23.4 Å². The van der Waals surface area contributed by atoms with Gasteiger partial charge in [0.15, 0.2) is 0 Å². The van der Waals surface area contributed by atoms with E-state index in [2.05, 4.69) is 5.32 Å². The van der Waals surface area contributed by atoms with E-state index in [1.807, 2.05) is 30.3 Å². The van der Waals surface area contributed by atoms with Crippen LogP contribution in [-0.4, -0.2) is 57.6 Å². The molecule has 3 rings (SSSR count). The maximum absolute atomic E-state index is 13.3.